The lowest BCUT2D eigenvalue weighted by Gasteiger charge is -2.10. The quantitative estimate of drug-likeness (QED) is 0.478. The van der Waals surface area contributed by atoms with Crippen LogP contribution in [-0.4, -0.2) is 20.4 Å². The second-order valence-corrected chi connectivity index (χ2v) is 8.48. The van der Waals surface area contributed by atoms with E-state index < -0.39 is 10.0 Å². The molecular formula is C20H28N4O2S. The number of guanidine groups is 1. The van der Waals surface area contributed by atoms with Crippen molar-refractivity contribution in [3.63, 3.8) is 0 Å². The molecule has 0 saturated heterocycles. The number of aliphatic imine (C=N–C) groups is 1. The molecule has 0 unspecified atom stereocenters. The number of hydrogen-bond donors (Lipinski definition) is 3. The third-order valence-electron chi connectivity index (χ3n) is 3.83. The van der Waals surface area contributed by atoms with Gasteiger partial charge >= 0.3 is 0 Å². The molecule has 4 N–H and O–H groups in total. The van der Waals surface area contributed by atoms with Crippen LogP contribution in [0.25, 0.3) is 0 Å². The highest BCUT2D eigenvalue weighted by atomic mass is 32.2. The Kier molecular flexibility index (Phi) is 7.38. The summed E-state index contributed by atoms with van der Waals surface area (Å²) in [6.45, 7) is 6.12. The van der Waals surface area contributed by atoms with E-state index in [4.69, 9.17) is 5.73 Å². The van der Waals surface area contributed by atoms with E-state index in [9.17, 15) is 8.42 Å². The standard InChI is InChI=1S/C20H28N4O2S/c1-4-16-6-5-7-19(12-16)23-20(21)22-13-17-8-10-18(11-9-17)14-27(25,26)24-15(2)3/h5-12,15,24H,4,13-14H2,1-3H3,(H3,21,22,23). The Hall–Kier alpha value is -2.38. The molecule has 0 bridgehead atoms. The molecule has 0 fully saturated rings. The molecule has 0 aliphatic carbocycles. The second kappa shape index (κ2) is 9.53. The average molecular weight is 389 g/mol. The van der Waals surface area contributed by atoms with Crippen LogP contribution in [0.2, 0.25) is 0 Å². The Balaban J connectivity index is 1.94. The molecule has 0 spiro atoms. The van der Waals surface area contributed by atoms with E-state index in [-0.39, 0.29) is 11.8 Å². The van der Waals surface area contributed by atoms with Gasteiger partial charge in [-0.05, 0) is 49.1 Å². The van der Waals surface area contributed by atoms with Crippen molar-refractivity contribution in [3.05, 3.63) is 65.2 Å². The van der Waals surface area contributed by atoms with Crippen molar-refractivity contribution in [2.45, 2.75) is 45.5 Å². The van der Waals surface area contributed by atoms with Crippen LogP contribution in [-0.2, 0) is 28.7 Å². The summed E-state index contributed by atoms with van der Waals surface area (Å²) in [5.74, 6) is 0.308. The van der Waals surface area contributed by atoms with Crippen LogP contribution in [0.3, 0.4) is 0 Å². The smallest absolute Gasteiger partial charge is 0.216 e. The highest BCUT2D eigenvalue weighted by Gasteiger charge is 2.12. The Morgan fingerprint density at radius 1 is 1.07 bits per heavy atom. The molecule has 146 valence electrons. The van der Waals surface area contributed by atoms with Crippen LogP contribution in [0.15, 0.2) is 53.5 Å². The molecule has 2 aromatic rings. The largest absolute Gasteiger partial charge is 0.370 e. The lowest BCUT2D eigenvalue weighted by molar-refractivity contribution is 0.569. The summed E-state index contributed by atoms with van der Waals surface area (Å²) in [7, 11) is -3.32. The summed E-state index contributed by atoms with van der Waals surface area (Å²) >= 11 is 0. The Labute approximate surface area is 162 Å². The summed E-state index contributed by atoms with van der Waals surface area (Å²) in [4.78, 5) is 4.34. The minimum absolute atomic E-state index is 0.0355. The van der Waals surface area contributed by atoms with E-state index in [2.05, 4.69) is 28.0 Å². The normalized spacial score (nSPS) is 12.4. The fourth-order valence-electron chi connectivity index (χ4n) is 2.59. The van der Waals surface area contributed by atoms with E-state index >= 15 is 0 Å². The number of aryl methyl sites for hydroxylation is 1. The van der Waals surface area contributed by atoms with Crippen molar-refractivity contribution >= 4 is 21.7 Å². The molecule has 6 nitrogen and oxygen atoms in total. The molecule has 7 heteroatoms. The molecule has 2 rings (SSSR count). The van der Waals surface area contributed by atoms with Gasteiger partial charge in [-0.15, -0.1) is 0 Å². The first-order chi connectivity index (χ1) is 12.8. The predicted octanol–water partition coefficient (Wildman–Crippen LogP) is 3.00. The van der Waals surface area contributed by atoms with E-state index in [0.717, 1.165) is 23.2 Å². The van der Waals surface area contributed by atoms with Gasteiger partial charge in [0.25, 0.3) is 0 Å². The molecule has 27 heavy (non-hydrogen) atoms. The number of nitrogens with two attached hydrogens (primary N) is 1. The van der Waals surface area contributed by atoms with Crippen molar-refractivity contribution in [2.24, 2.45) is 10.7 Å². The maximum atomic E-state index is 12.0. The minimum atomic E-state index is -3.32. The fraction of sp³-hybridized carbons (Fsp3) is 0.350. The number of nitrogens with one attached hydrogen (secondary N) is 2. The summed E-state index contributed by atoms with van der Waals surface area (Å²) in [5, 5.41) is 3.09. The first kappa shape index (κ1) is 20.9. The molecule has 0 amide bonds. The van der Waals surface area contributed by atoms with Crippen LogP contribution in [0.4, 0.5) is 5.69 Å². The maximum Gasteiger partial charge on any atom is 0.216 e. The zero-order chi connectivity index (χ0) is 19.9. The lowest BCUT2D eigenvalue weighted by atomic mass is 10.1. The van der Waals surface area contributed by atoms with Gasteiger partial charge in [-0.2, -0.15) is 0 Å². The van der Waals surface area contributed by atoms with Crippen molar-refractivity contribution in [1.82, 2.24) is 4.72 Å². The first-order valence-corrected chi connectivity index (χ1v) is 10.7. The van der Waals surface area contributed by atoms with Crippen LogP contribution in [0.5, 0.6) is 0 Å². The fourth-order valence-corrected chi connectivity index (χ4v) is 4.03. The van der Waals surface area contributed by atoms with Crippen molar-refractivity contribution < 1.29 is 8.42 Å². The van der Waals surface area contributed by atoms with Gasteiger partial charge in [-0.25, -0.2) is 18.1 Å². The Morgan fingerprint density at radius 3 is 2.37 bits per heavy atom. The van der Waals surface area contributed by atoms with Crippen LogP contribution in [0, 0.1) is 0 Å². The van der Waals surface area contributed by atoms with E-state index in [0.29, 0.717) is 12.5 Å². The Bertz CT molecular complexity index is 875. The van der Waals surface area contributed by atoms with E-state index in [1.54, 1.807) is 26.0 Å². The van der Waals surface area contributed by atoms with Gasteiger partial charge in [0.2, 0.25) is 10.0 Å². The molecular weight excluding hydrogens is 360 g/mol. The zero-order valence-corrected chi connectivity index (χ0v) is 16.9. The Morgan fingerprint density at radius 2 is 1.74 bits per heavy atom. The number of rotatable bonds is 8. The van der Waals surface area contributed by atoms with E-state index in [1.807, 2.05) is 30.3 Å². The van der Waals surface area contributed by atoms with Gasteiger partial charge in [0.05, 0.1) is 12.3 Å². The SMILES string of the molecule is CCc1cccc(NC(N)=NCc2ccc(CS(=O)(=O)NC(C)C)cc2)c1. The van der Waals surface area contributed by atoms with Crippen molar-refractivity contribution in [1.29, 1.82) is 0 Å². The maximum absolute atomic E-state index is 12.0. The van der Waals surface area contributed by atoms with Gasteiger partial charge in [0.1, 0.15) is 0 Å². The average Bonchev–Trinajstić information content (AvgIpc) is 2.60. The molecule has 0 aromatic heterocycles. The monoisotopic (exact) mass is 388 g/mol. The lowest BCUT2D eigenvalue weighted by Crippen LogP contribution is -2.31. The highest BCUT2D eigenvalue weighted by Crippen LogP contribution is 2.12. The molecule has 0 saturated carbocycles. The van der Waals surface area contributed by atoms with Crippen LogP contribution >= 0.6 is 0 Å². The predicted molar refractivity (Wildman–Crippen MR) is 112 cm³/mol. The molecule has 0 aliphatic heterocycles. The molecule has 0 heterocycles. The van der Waals surface area contributed by atoms with Crippen LogP contribution in [0.1, 0.15) is 37.5 Å². The van der Waals surface area contributed by atoms with Gasteiger partial charge in [-0.3, -0.25) is 0 Å². The highest BCUT2D eigenvalue weighted by molar-refractivity contribution is 7.88. The first-order valence-electron chi connectivity index (χ1n) is 9.01. The van der Waals surface area contributed by atoms with Gasteiger partial charge in [0.15, 0.2) is 5.96 Å². The number of benzene rings is 2. The molecule has 0 atom stereocenters. The van der Waals surface area contributed by atoms with Crippen molar-refractivity contribution in [2.75, 3.05) is 5.32 Å². The summed E-state index contributed by atoms with van der Waals surface area (Å²) in [6, 6.07) is 15.3. The second-order valence-electron chi connectivity index (χ2n) is 6.73. The minimum Gasteiger partial charge on any atom is -0.370 e. The third-order valence-corrected chi connectivity index (χ3v) is 5.38. The zero-order valence-electron chi connectivity index (χ0n) is 16.1. The summed E-state index contributed by atoms with van der Waals surface area (Å²) < 4.78 is 26.5. The number of hydrogen-bond acceptors (Lipinski definition) is 3. The number of nitrogens with zero attached hydrogens (tertiary/aromatic N) is 1. The summed E-state index contributed by atoms with van der Waals surface area (Å²) in [5.41, 5.74) is 9.79. The number of anilines is 1. The summed E-state index contributed by atoms with van der Waals surface area (Å²) in [6.07, 6.45) is 0.960. The van der Waals surface area contributed by atoms with Gasteiger partial charge in [-0.1, -0.05) is 43.3 Å². The molecule has 0 radical (unpaired) electrons. The van der Waals surface area contributed by atoms with Crippen LogP contribution < -0.4 is 15.8 Å². The van der Waals surface area contributed by atoms with Gasteiger partial charge in [0, 0.05) is 11.7 Å². The number of sulfonamides is 1. The third kappa shape index (κ3) is 7.40. The van der Waals surface area contributed by atoms with Gasteiger partial charge < -0.3 is 11.1 Å². The van der Waals surface area contributed by atoms with Crippen molar-refractivity contribution in [3.8, 4) is 0 Å². The topological polar surface area (TPSA) is 96.6 Å². The molecule has 2 aromatic carbocycles. The molecule has 0 aliphatic rings. The van der Waals surface area contributed by atoms with E-state index in [1.165, 1.54) is 5.56 Å².